The molecule has 158 valence electrons. The molecule has 0 N–H and O–H groups in total. The van der Waals surface area contributed by atoms with E-state index in [4.69, 9.17) is 35.4 Å². The molecule has 2 fully saturated rings. The normalized spacial score (nSPS) is 20.6. The minimum Gasteiger partial charge on any atom is -0.329 e. The zero-order valence-electron chi connectivity index (χ0n) is 17.0. The Morgan fingerprint density at radius 2 is 1.53 bits per heavy atom. The molecule has 2 aliphatic heterocycles. The molecule has 6 nitrogen and oxygen atoms in total. The lowest BCUT2D eigenvalue weighted by Crippen LogP contribution is -2.55. The van der Waals surface area contributed by atoms with Crippen LogP contribution < -0.4 is 9.80 Å². The number of carbonyl (C=O) groups excluding carboxylic acids is 2. The highest BCUT2D eigenvalue weighted by Gasteiger charge is 2.41. The Morgan fingerprint density at radius 1 is 1.00 bits per heavy atom. The molecular formula is C21H22Cl2N4O2S. The van der Waals surface area contributed by atoms with Crippen LogP contribution >= 0.6 is 35.4 Å². The van der Waals surface area contributed by atoms with E-state index in [0.717, 1.165) is 30.0 Å². The molecule has 2 amide bonds. The van der Waals surface area contributed by atoms with Gasteiger partial charge in [0.2, 0.25) is 0 Å². The molecule has 1 aliphatic carbocycles. The molecule has 0 aromatic heterocycles. The number of rotatable bonds is 4. The lowest BCUT2D eigenvalue weighted by molar-refractivity contribution is -0.133. The van der Waals surface area contributed by atoms with E-state index in [9.17, 15) is 9.59 Å². The summed E-state index contributed by atoms with van der Waals surface area (Å²) in [5, 5.41) is 1.24. The third-order valence-electron chi connectivity index (χ3n) is 5.59. The highest BCUT2D eigenvalue weighted by atomic mass is 35.5. The van der Waals surface area contributed by atoms with Crippen LogP contribution in [-0.2, 0) is 9.59 Å². The Labute approximate surface area is 191 Å². The Balaban J connectivity index is 1.76. The van der Waals surface area contributed by atoms with Gasteiger partial charge in [-0.25, -0.2) is 0 Å². The van der Waals surface area contributed by atoms with Crippen molar-refractivity contribution < 1.29 is 9.59 Å². The third kappa shape index (κ3) is 3.29. The van der Waals surface area contributed by atoms with Crippen molar-refractivity contribution in [2.45, 2.75) is 32.7 Å². The SMILES string of the molecule is CCN1C(=O)C(=C/C=C2\N(C)c3cc(Cl)c(Cl)cc3N2C2CC2)C(=O)N(CC)C1=S. The smallest absolute Gasteiger partial charge is 0.265 e. The predicted molar refractivity (Wildman–Crippen MR) is 124 cm³/mol. The van der Waals surface area contributed by atoms with Crippen LogP contribution in [0.4, 0.5) is 11.4 Å². The summed E-state index contributed by atoms with van der Waals surface area (Å²) < 4.78 is 0. The molecular weight excluding hydrogens is 443 g/mol. The molecule has 1 saturated heterocycles. The maximum atomic E-state index is 12.9. The first kappa shape index (κ1) is 21.2. The maximum Gasteiger partial charge on any atom is 0.265 e. The number of halogens is 2. The second-order valence-corrected chi connectivity index (χ2v) is 8.58. The Morgan fingerprint density at radius 3 is 2.03 bits per heavy atom. The molecule has 1 aromatic carbocycles. The van der Waals surface area contributed by atoms with Crippen molar-refractivity contribution in [3.8, 4) is 0 Å². The van der Waals surface area contributed by atoms with E-state index in [1.165, 1.54) is 9.80 Å². The summed E-state index contributed by atoms with van der Waals surface area (Å²) >= 11 is 17.8. The summed E-state index contributed by atoms with van der Waals surface area (Å²) in [5.41, 5.74) is 2.02. The highest BCUT2D eigenvalue weighted by Crippen LogP contribution is 2.49. The number of anilines is 2. The van der Waals surface area contributed by atoms with Crippen molar-refractivity contribution in [2.24, 2.45) is 0 Å². The van der Waals surface area contributed by atoms with Crippen molar-refractivity contribution in [3.05, 3.63) is 45.7 Å². The number of hydrogen-bond acceptors (Lipinski definition) is 5. The van der Waals surface area contributed by atoms with Gasteiger partial charge < -0.3 is 9.80 Å². The number of allylic oxidation sites excluding steroid dienone is 2. The van der Waals surface area contributed by atoms with Crippen LogP contribution in [0.2, 0.25) is 10.0 Å². The van der Waals surface area contributed by atoms with Gasteiger partial charge in [0.05, 0.1) is 21.4 Å². The van der Waals surface area contributed by atoms with E-state index in [2.05, 4.69) is 4.90 Å². The van der Waals surface area contributed by atoms with Crippen molar-refractivity contribution in [2.75, 3.05) is 29.9 Å². The first-order valence-corrected chi connectivity index (χ1v) is 11.1. The number of nitrogens with zero attached hydrogens (tertiary/aromatic N) is 4. The van der Waals surface area contributed by atoms with Crippen molar-refractivity contribution >= 4 is 63.7 Å². The quantitative estimate of drug-likeness (QED) is 0.380. The van der Waals surface area contributed by atoms with Gasteiger partial charge in [-0.15, -0.1) is 0 Å². The average Bonchev–Trinajstić information content (AvgIpc) is 3.50. The van der Waals surface area contributed by atoms with E-state index in [0.29, 0.717) is 29.2 Å². The van der Waals surface area contributed by atoms with Crippen LogP contribution in [0.3, 0.4) is 0 Å². The molecule has 3 aliphatic rings. The molecule has 30 heavy (non-hydrogen) atoms. The lowest BCUT2D eigenvalue weighted by Gasteiger charge is -2.35. The molecule has 9 heteroatoms. The van der Waals surface area contributed by atoms with Crippen LogP contribution in [0.15, 0.2) is 35.7 Å². The molecule has 0 unspecified atom stereocenters. The van der Waals surface area contributed by atoms with Gasteiger partial charge in [-0.2, -0.15) is 0 Å². The van der Waals surface area contributed by atoms with E-state index in [1.54, 1.807) is 6.08 Å². The van der Waals surface area contributed by atoms with Gasteiger partial charge in [-0.3, -0.25) is 19.4 Å². The number of thiocarbonyl (C=S) groups is 1. The van der Waals surface area contributed by atoms with Crippen LogP contribution in [-0.4, -0.2) is 52.9 Å². The maximum absolute atomic E-state index is 12.9. The van der Waals surface area contributed by atoms with Crippen LogP contribution in [0.25, 0.3) is 0 Å². The molecule has 0 bridgehead atoms. The van der Waals surface area contributed by atoms with Crippen LogP contribution in [0.1, 0.15) is 26.7 Å². The monoisotopic (exact) mass is 464 g/mol. The molecule has 1 saturated carbocycles. The Bertz CT molecular complexity index is 991. The van der Waals surface area contributed by atoms with Crippen molar-refractivity contribution in [3.63, 3.8) is 0 Å². The molecule has 1 aromatic rings. The van der Waals surface area contributed by atoms with Gasteiger partial charge in [0.1, 0.15) is 11.4 Å². The topological polar surface area (TPSA) is 47.1 Å². The minimum absolute atomic E-state index is 0.107. The standard InChI is InChI=1S/C21H22Cl2N4O2S/c1-4-25-19(28)13(20(29)26(5-2)21(25)30)8-9-18-24(3)16-10-14(22)15(23)11-17(16)27(18)12-6-7-12/h8-12H,4-7H2,1-3H3/b18-9+. The molecule has 4 rings (SSSR count). The summed E-state index contributed by atoms with van der Waals surface area (Å²) in [6, 6.07) is 4.07. The number of carbonyl (C=O) groups is 2. The molecule has 0 radical (unpaired) electrons. The summed E-state index contributed by atoms with van der Waals surface area (Å²) in [7, 11) is 1.94. The van der Waals surface area contributed by atoms with Gasteiger partial charge in [-0.05, 0) is 63.2 Å². The second-order valence-electron chi connectivity index (χ2n) is 7.40. The van der Waals surface area contributed by atoms with Gasteiger partial charge in [0, 0.05) is 26.2 Å². The van der Waals surface area contributed by atoms with Crippen molar-refractivity contribution in [1.82, 2.24) is 9.80 Å². The van der Waals surface area contributed by atoms with Gasteiger partial charge in [-0.1, -0.05) is 23.2 Å². The average molecular weight is 465 g/mol. The second kappa shape index (κ2) is 7.87. The molecule has 0 atom stereocenters. The number of amides is 2. The number of likely N-dealkylation sites (N-methyl/N-ethyl adjacent to an activating group) is 2. The fourth-order valence-electron chi connectivity index (χ4n) is 3.86. The minimum atomic E-state index is -0.365. The van der Waals surface area contributed by atoms with E-state index in [-0.39, 0.29) is 22.5 Å². The number of fused-ring (bicyclic) bond motifs is 1. The summed E-state index contributed by atoms with van der Waals surface area (Å²) in [6.45, 7) is 4.50. The van der Waals surface area contributed by atoms with Crippen LogP contribution in [0, 0.1) is 0 Å². The molecule has 0 spiro atoms. The Hall–Kier alpha value is -2.09. The summed E-state index contributed by atoms with van der Waals surface area (Å²) in [4.78, 5) is 32.9. The predicted octanol–water partition coefficient (Wildman–Crippen LogP) is 4.18. The van der Waals surface area contributed by atoms with E-state index < -0.39 is 0 Å². The zero-order valence-corrected chi connectivity index (χ0v) is 19.3. The zero-order chi connectivity index (χ0) is 21.7. The Kier molecular flexibility index (Phi) is 5.55. The fourth-order valence-corrected chi connectivity index (χ4v) is 4.60. The summed E-state index contributed by atoms with van der Waals surface area (Å²) in [5.74, 6) is 0.144. The number of hydrogen-bond donors (Lipinski definition) is 0. The van der Waals surface area contributed by atoms with Crippen LogP contribution in [0.5, 0.6) is 0 Å². The third-order valence-corrected chi connectivity index (χ3v) is 6.75. The molecule has 2 heterocycles. The van der Waals surface area contributed by atoms with Crippen molar-refractivity contribution in [1.29, 1.82) is 0 Å². The van der Waals surface area contributed by atoms with E-state index in [1.807, 2.05) is 44.0 Å². The highest BCUT2D eigenvalue weighted by molar-refractivity contribution is 7.80. The largest absolute Gasteiger partial charge is 0.329 e. The first-order valence-electron chi connectivity index (χ1n) is 9.91. The van der Waals surface area contributed by atoms with Gasteiger partial charge >= 0.3 is 0 Å². The summed E-state index contributed by atoms with van der Waals surface area (Å²) in [6.07, 6.45) is 5.57. The van der Waals surface area contributed by atoms with Gasteiger partial charge in [0.15, 0.2) is 5.11 Å². The fraction of sp³-hybridized carbons (Fsp3) is 0.381. The first-order chi connectivity index (χ1) is 14.3. The van der Waals surface area contributed by atoms with Gasteiger partial charge in [0.25, 0.3) is 11.8 Å². The number of benzene rings is 1. The lowest BCUT2D eigenvalue weighted by atomic mass is 10.1. The van der Waals surface area contributed by atoms with E-state index >= 15 is 0 Å².